The van der Waals surface area contributed by atoms with Crippen LogP contribution in [0.25, 0.3) is 0 Å². The third-order valence-electron chi connectivity index (χ3n) is 0.648. The molecule has 0 amide bonds. The molecule has 16 heavy (non-hydrogen) atoms. The number of halogens is 6. The predicted octanol–water partition coefficient (Wildman–Crippen LogP) is 1.39. The Hall–Kier alpha value is -1.61. The second kappa shape index (κ2) is 6.08. The fraction of sp³-hybridized carbons (Fsp3) is 0.500. The van der Waals surface area contributed by atoms with Crippen LogP contribution in [-0.4, -0.2) is 30.6 Å². The van der Waals surface area contributed by atoms with Crippen LogP contribution in [0.3, 0.4) is 0 Å². The van der Waals surface area contributed by atoms with Crippen LogP contribution in [-0.2, 0) is 19.1 Å². The molecule has 0 atom stereocenters. The molecule has 0 unspecified atom stereocenters. The molecular weight excluding hydrogens is 250 g/mol. The van der Waals surface area contributed by atoms with Crippen molar-refractivity contribution in [3.05, 3.63) is 0 Å². The zero-order valence-corrected chi connectivity index (χ0v) is 7.48. The second-order valence-electron chi connectivity index (χ2n) is 1.91. The summed E-state index contributed by atoms with van der Waals surface area (Å²) < 4.78 is 69.7. The summed E-state index contributed by atoms with van der Waals surface area (Å²) in [5, 5.41) is 0. The van der Waals surface area contributed by atoms with Crippen LogP contribution in [0.4, 0.5) is 26.3 Å². The number of hydrogen-bond acceptors (Lipinski definition) is 4. The molecule has 0 aliphatic heterocycles. The van der Waals surface area contributed by atoms with Gasteiger partial charge in [-0.3, -0.25) is 0 Å². The minimum Gasteiger partial charge on any atom is -0.380 e. The van der Waals surface area contributed by atoms with E-state index in [2.05, 4.69) is 4.74 Å². The van der Waals surface area contributed by atoms with Crippen molar-refractivity contribution in [3.63, 3.8) is 0 Å². The Morgan fingerprint density at radius 3 is 1.25 bits per heavy atom. The van der Waals surface area contributed by atoms with Crippen molar-refractivity contribution < 1.29 is 45.5 Å². The van der Waals surface area contributed by atoms with Crippen molar-refractivity contribution in [1.82, 2.24) is 0 Å². The number of aldehydes is 1. The van der Waals surface area contributed by atoms with Gasteiger partial charge in [-0.25, -0.2) is 9.59 Å². The molecule has 0 aliphatic carbocycles. The maximum atomic E-state index is 11.2. The molecule has 0 N–H and O–H groups in total. The Labute approximate surface area is 84.2 Å². The van der Waals surface area contributed by atoms with Gasteiger partial charge in [0.15, 0.2) is 0 Å². The van der Waals surface area contributed by atoms with E-state index in [9.17, 15) is 35.9 Å². The lowest BCUT2D eigenvalue weighted by molar-refractivity contribution is -0.221. The molecule has 0 fully saturated rings. The highest BCUT2D eigenvalue weighted by Crippen LogP contribution is 2.21. The fourth-order valence-electron chi connectivity index (χ4n) is 0.200. The molecule has 4 nitrogen and oxygen atoms in total. The fourth-order valence-corrected chi connectivity index (χ4v) is 0.200. The Morgan fingerprint density at radius 2 is 1.12 bits per heavy atom. The van der Waals surface area contributed by atoms with Gasteiger partial charge in [0.05, 0.1) is 0 Å². The first kappa shape index (κ1) is 16.8. The van der Waals surface area contributed by atoms with Gasteiger partial charge >= 0.3 is 24.3 Å². The van der Waals surface area contributed by atoms with Crippen LogP contribution < -0.4 is 0 Å². The number of rotatable bonds is 0. The SMILES string of the molecule is CC=O.O=C(OC(=O)C(F)(F)F)C(F)(F)F. The first-order valence-electron chi connectivity index (χ1n) is 3.26. The van der Waals surface area contributed by atoms with Crippen molar-refractivity contribution in [2.45, 2.75) is 19.3 Å². The molecule has 0 heterocycles. The molecule has 0 rings (SSSR count). The molecular formula is C6H4F6O4. The van der Waals surface area contributed by atoms with E-state index in [0.717, 1.165) is 6.29 Å². The normalized spacial score (nSPS) is 10.9. The zero-order chi connectivity index (χ0) is 13.6. The number of hydrogen-bond donors (Lipinski definition) is 0. The van der Waals surface area contributed by atoms with Crippen molar-refractivity contribution in [3.8, 4) is 0 Å². The van der Waals surface area contributed by atoms with Gasteiger partial charge in [-0.2, -0.15) is 26.3 Å². The maximum absolute atomic E-state index is 11.2. The number of carbonyl (C=O) groups is 3. The van der Waals surface area contributed by atoms with Crippen molar-refractivity contribution in [1.29, 1.82) is 0 Å². The van der Waals surface area contributed by atoms with Crippen molar-refractivity contribution in [2.75, 3.05) is 0 Å². The molecule has 10 heteroatoms. The molecule has 0 aromatic heterocycles. The average molecular weight is 254 g/mol. The van der Waals surface area contributed by atoms with Crippen molar-refractivity contribution in [2.24, 2.45) is 0 Å². The molecule has 0 bridgehead atoms. The molecule has 0 spiro atoms. The number of ether oxygens (including phenoxy) is 1. The predicted molar refractivity (Wildman–Crippen MR) is 34.9 cm³/mol. The van der Waals surface area contributed by atoms with Gasteiger partial charge in [-0.15, -0.1) is 0 Å². The minimum absolute atomic E-state index is 0.750. The van der Waals surface area contributed by atoms with Crippen LogP contribution in [0.5, 0.6) is 0 Å². The van der Waals surface area contributed by atoms with E-state index in [4.69, 9.17) is 4.79 Å². The first-order valence-corrected chi connectivity index (χ1v) is 3.26. The van der Waals surface area contributed by atoms with Gasteiger partial charge in [-0.1, -0.05) is 0 Å². The number of alkyl halides is 6. The molecule has 0 saturated carbocycles. The molecule has 0 aromatic rings. The summed E-state index contributed by atoms with van der Waals surface area (Å²) in [5.74, 6) is -6.40. The van der Waals surface area contributed by atoms with Gasteiger partial charge in [0.2, 0.25) is 0 Å². The summed E-state index contributed by atoms with van der Waals surface area (Å²) in [6.07, 6.45) is -10.5. The van der Waals surface area contributed by atoms with Crippen LogP contribution in [0.15, 0.2) is 0 Å². The lowest BCUT2D eigenvalue weighted by Crippen LogP contribution is -2.34. The smallest absolute Gasteiger partial charge is 0.380 e. The Bertz CT molecular complexity index is 241. The number of carbonyl (C=O) groups excluding carboxylic acids is 3. The summed E-state index contributed by atoms with van der Waals surface area (Å²) in [4.78, 5) is 28.1. The summed E-state index contributed by atoms with van der Waals surface area (Å²) >= 11 is 0. The van der Waals surface area contributed by atoms with Gasteiger partial charge in [0, 0.05) is 0 Å². The maximum Gasteiger partial charge on any atom is 0.491 e. The second-order valence-corrected chi connectivity index (χ2v) is 1.91. The van der Waals surface area contributed by atoms with E-state index < -0.39 is 24.3 Å². The van der Waals surface area contributed by atoms with E-state index in [1.165, 1.54) is 6.92 Å². The van der Waals surface area contributed by atoms with E-state index in [-0.39, 0.29) is 0 Å². The average Bonchev–Trinajstić information content (AvgIpc) is 2.01. The van der Waals surface area contributed by atoms with E-state index >= 15 is 0 Å². The van der Waals surface area contributed by atoms with Crippen LogP contribution in [0.1, 0.15) is 6.92 Å². The van der Waals surface area contributed by atoms with E-state index in [0.29, 0.717) is 0 Å². The van der Waals surface area contributed by atoms with Crippen LogP contribution >= 0.6 is 0 Å². The quantitative estimate of drug-likeness (QED) is 0.283. The molecule has 0 radical (unpaired) electrons. The Balaban J connectivity index is 0. The van der Waals surface area contributed by atoms with E-state index in [1.807, 2.05) is 0 Å². The van der Waals surface area contributed by atoms with Gasteiger partial charge in [0.1, 0.15) is 6.29 Å². The Kier molecular flexibility index (Phi) is 6.38. The van der Waals surface area contributed by atoms with Gasteiger partial charge in [-0.05, 0) is 6.92 Å². The van der Waals surface area contributed by atoms with Crippen molar-refractivity contribution >= 4 is 18.2 Å². The third kappa shape index (κ3) is 7.76. The van der Waals surface area contributed by atoms with Gasteiger partial charge < -0.3 is 9.53 Å². The first-order chi connectivity index (χ1) is 6.96. The lowest BCUT2D eigenvalue weighted by Gasteiger charge is -2.06. The summed E-state index contributed by atoms with van der Waals surface area (Å²) in [6, 6.07) is 0. The standard InChI is InChI=1S/C4F6O3.C2H4O/c5-3(6,7)1(11)13-2(12)4(8,9)10;1-2-3/h;2H,1H3. The monoisotopic (exact) mass is 254 g/mol. The van der Waals surface area contributed by atoms with Gasteiger partial charge in [0.25, 0.3) is 0 Å². The largest absolute Gasteiger partial charge is 0.491 e. The Morgan fingerprint density at radius 1 is 0.938 bits per heavy atom. The van der Waals surface area contributed by atoms with E-state index in [1.54, 1.807) is 0 Å². The molecule has 94 valence electrons. The zero-order valence-electron chi connectivity index (χ0n) is 7.48. The summed E-state index contributed by atoms with van der Waals surface area (Å²) in [7, 11) is 0. The minimum atomic E-state index is -5.62. The molecule has 0 aromatic carbocycles. The molecule has 0 saturated heterocycles. The number of esters is 2. The third-order valence-corrected chi connectivity index (χ3v) is 0.648. The summed E-state index contributed by atoms with van der Waals surface area (Å²) in [5.41, 5.74) is 0. The molecule has 0 aliphatic rings. The van der Waals surface area contributed by atoms with Crippen LogP contribution in [0, 0.1) is 0 Å². The van der Waals surface area contributed by atoms with Crippen LogP contribution in [0.2, 0.25) is 0 Å². The highest BCUT2D eigenvalue weighted by molar-refractivity contribution is 5.90. The highest BCUT2D eigenvalue weighted by atomic mass is 19.4. The summed E-state index contributed by atoms with van der Waals surface area (Å²) in [6.45, 7) is 1.44. The highest BCUT2D eigenvalue weighted by Gasteiger charge is 2.49. The lowest BCUT2D eigenvalue weighted by atomic mass is 10.6. The topological polar surface area (TPSA) is 60.4 Å².